The summed E-state index contributed by atoms with van der Waals surface area (Å²) in [5.74, 6) is -2.14. The Bertz CT molecular complexity index is 2490. The van der Waals surface area contributed by atoms with E-state index < -0.39 is 39.5 Å². The van der Waals surface area contributed by atoms with Crippen molar-refractivity contribution in [1.82, 2.24) is 29.7 Å². The lowest BCUT2D eigenvalue weighted by Gasteiger charge is -2.36. The van der Waals surface area contributed by atoms with Crippen LogP contribution < -0.4 is 20.9 Å². The Hall–Kier alpha value is -6.62. The summed E-state index contributed by atoms with van der Waals surface area (Å²) in [5, 5.41) is 13.1. The van der Waals surface area contributed by atoms with Crippen LogP contribution in [-0.4, -0.2) is 107 Å². The van der Waals surface area contributed by atoms with Gasteiger partial charge in [-0.15, -0.1) is 5.10 Å². The zero-order valence-electron chi connectivity index (χ0n) is 29.6. The van der Waals surface area contributed by atoms with Gasteiger partial charge in [0.1, 0.15) is 6.04 Å². The molecule has 2 saturated heterocycles. The van der Waals surface area contributed by atoms with Gasteiger partial charge < -0.3 is 20.4 Å². The number of carbonyl (C=O) groups is 5. The van der Waals surface area contributed by atoms with E-state index in [-0.39, 0.29) is 41.3 Å². The topological polar surface area (TPSA) is 195 Å². The third-order valence-corrected chi connectivity index (χ3v) is 11.1. The number of fused-ring (bicyclic) bond motifs is 2. The molecule has 0 radical (unpaired) electrons. The second-order valence-electron chi connectivity index (χ2n) is 13.5. The Morgan fingerprint density at radius 1 is 0.873 bits per heavy atom. The van der Waals surface area contributed by atoms with Gasteiger partial charge in [0.2, 0.25) is 23.7 Å². The Kier molecular flexibility index (Phi) is 9.00. The van der Waals surface area contributed by atoms with E-state index in [0.717, 1.165) is 27.5 Å². The molecule has 1 atom stereocenters. The molecule has 0 bridgehead atoms. The van der Waals surface area contributed by atoms with Gasteiger partial charge in [0.25, 0.3) is 11.8 Å². The monoisotopic (exact) mass is 761 g/mol. The number of hydrogen-bond donors (Lipinski definition) is 3. The second kappa shape index (κ2) is 14.0. The van der Waals surface area contributed by atoms with Gasteiger partial charge in [-0.25, -0.2) is 12.9 Å². The standard InChI is InChI=1S/C38H35N9O7S/c1-55(53,54)26-14-8-23(9-15-26)29-6-3-7-31-41-38(43-47(29)31)40-24-10-12-25(13-11-24)44-18-20-45(21-19-44)33(49)22-39-28-5-2-4-27-34(28)37(52)46(36(27)51)30-16-17-32(48)42-35(30)50/h2-15,30,39H,16-22H2,1H3,(H,40,43)(H,42,48,50). The first-order valence-corrected chi connectivity index (χ1v) is 19.5. The van der Waals surface area contributed by atoms with Crippen molar-refractivity contribution in [2.75, 3.05) is 54.5 Å². The lowest BCUT2D eigenvalue weighted by atomic mass is 10.0. The molecule has 3 N–H and O–H groups in total. The molecule has 5 amide bonds. The fourth-order valence-electron chi connectivity index (χ4n) is 7.09. The van der Waals surface area contributed by atoms with Crippen LogP contribution in [0.5, 0.6) is 0 Å². The van der Waals surface area contributed by atoms with Crippen molar-refractivity contribution in [2.45, 2.75) is 23.8 Å². The SMILES string of the molecule is CS(=O)(=O)c1ccc(-c2cccc3nc(Nc4ccc(N5CCN(C(=O)CNc6cccc7c6C(=O)N(C6CCC(=O)NC6=O)C7=O)CC5)cc4)nn23)cc1. The van der Waals surface area contributed by atoms with Crippen molar-refractivity contribution in [3.05, 3.63) is 96.1 Å². The van der Waals surface area contributed by atoms with Crippen molar-refractivity contribution >= 4 is 68.0 Å². The molecule has 0 aliphatic carbocycles. The predicted octanol–water partition coefficient (Wildman–Crippen LogP) is 2.71. The molecule has 0 saturated carbocycles. The van der Waals surface area contributed by atoms with Crippen LogP contribution in [0.1, 0.15) is 33.6 Å². The summed E-state index contributed by atoms with van der Waals surface area (Å²) >= 11 is 0. The van der Waals surface area contributed by atoms with Gasteiger partial charge in [-0.1, -0.05) is 24.3 Å². The Morgan fingerprint density at radius 3 is 2.31 bits per heavy atom. The number of piperidine rings is 1. The number of hydrogen-bond acceptors (Lipinski definition) is 12. The molecule has 1 unspecified atom stereocenters. The molecule has 3 aromatic carbocycles. The number of anilines is 4. The molecule has 5 aromatic rings. The minimum Gasteiger partial charge on any atom is -0.375 e. The second-order valence-corrected chi connectivity index (χ2v) is 15.5. The van der Waals surface area contributed by atoms with Crippen LogP contribution in [0.3, 0.4) is 0 Å². The number of nitrogens with zero attached hydrogens (tertiary/aromatic N) is 6. The number of aromatic nitrogens is 3. The van der Waals surface area contributed by atoms with Crippen LogP contribution in [0.25, 0.3) is 16.9 Å². The highest BCUT2D eigenvalue weighted by atomic mass is 32.2. The number of amides is 5. The minimum atomic E-state index is -3.31. The maximum Gasteiger partial charge on any atom is 0.264 e. The number of nitrogens with one attached hydrogen (secondary N) is 3. The van der Waals surface area contributed by atoms with E-state index in [9.17, 15) is 32.4 Å². The smallest absolute Gasteiger partial charge is 0.264 e. The molecule has 280 valence electrons. The number of imide groups is 2. The normalized spacial score (nSPS) is 17.4. The van der Waals surface area contributed by atoms with Crippen LogP contribution in [-0.2, 0) is 24.2 Å². The van der Waals surface area contributed by atoms with E-state index in [1.807, 2.05) is 42.5 Å². The molecule has 16 nitrogen and oxygen atoms in total. The molecule has 17 heteroatoms. The van der Waals surface area contributed by atoms with Gasteiger partial charge in [0, 0.05) is 61.5 Å². The van der Waals surface area contributed by atoms with Crippen LogP contribution in [0.2, 0.25) is 0 Å². The first kappa shape index (κ1) is 35.4. The van der Waals surface area contributed by atoms with Crippen LogP contribution >= 0.6 is 0 Å². The molecule has 8 rings (SSSR count). The summed E-state index contributed by atoms with van der Waals surface area (Å²) in [5.41, 5.74) is 4.52. The molecule has 55 heavy (non-hydrogen) atoms. The first-order chi connectivity index (χ1) is 26.4. The predicted molar refractivity (Wildman–Crippen MR) is 202 cm³/mol. The Morgan fingerprint density at radius 2 is 1.60 bits per heavy atom. The van der Waals surface area contributed by atoms with Gasteiger partial charge in [-0.2, -0.15) is 4.98 Å². The number of benzene rings is 3. The fourth-order valence-corrected chi connectivity index (χ4v) is 7.72. The van der Waals surface area contributed by atoms with Gasteiger partial charge in [0.05, 0.1) is 28.3 Å². The van der Waals surface area contributed by atoms with E-state index in [1.165, 1.54) is 12.3 Å². The van der Waals surface area contributed by atoms with Gasteiger partial charge >= 0.3 is 0 Å². The number of pyridine rings is 1. The maximum atomic E-state index is 13.4. The largest absolute Gasteiger partial charge is 0.375 e. The van der Waals surface area contributed by atoms with Crippen molar-refractivity contribution in [2.24, 2.45) is 0 Å². The number of piperazine rings is 1. The Balaban J connectivity index is 0.860. The Labute approximate surface area is 315 Å². The van der Waals surface area contributed by atoms with Crippen molar-refractivity contribution < 1.29 is 32.4 Å². The highest BCUT2D eigenvalue weighted by Gasteiger charge is 2.45. The van der Waals surface area contributed by atoms with E-state index in [4.69, 9.17) is 0 Å². The average Bonchev–Trinajstić information content (AvgIpc) is 3.71. The molecule has 5 heterocycles. The quantitative estimate of drug-likeness (QED) is 0.186. The minimum absolute atomic E-state index is 0.0266. The van der Waals surface area contributed by atoms with Crippen molar-refractivity contribution in [1.29, 1.82) is 0 Å². The number of carbonyl (C=O) groups excluding carboxylic acids is 5. The molecule has 0 spiro atoms. The van der Waals surface area contributed by atoms with Gasteiger partial charge in [-0.05, 0) is 67.1 Å². The number of sulfone groups is 1. The highest BCUT2D eigenvalue weighted by Crippen LogP contribution is 2.32. The van der Waals surface area contributed by atoms with E-state index in [0.29, 0.717) is 43.5 Å². The summed E-state index contributed by atoms with van der Waals surface area (Å²) in [7, 11) is -3.31. The van der Waals surface area contributed by atoms with E-state index in [2.05, 4.69) is 30.9 Å². The van der Waals surface area contributed by atoms with Crippen LogP contribution in [0, 0.1) is 0 Å². The maximum absolute atomic E-state index is 13.4. The lowest BCUT2D eigenvalue weighted by Crippen LogP contribution is -2.54. The highest BCUT2D eigenvalue weighted by molar-refractivity contribution is 7.90. The average molecular weight is 762 g/mol. The fraction of sp³-hybridized carbons (Fsp3) is 0.237. The molecule has 2 aromatic heterocycles. The summed E-state index contributed by atoms with van der Waals surface area (Å²) in [6.45, 7) is 2.09. The van der Waals surface area contributed by atoms with Crippen molar-refractivity contribution in [3.63, 3.8) is 0 Å². The van der Waals surface area contributed by atoms with Gasteiger partial charge in [0.15, 0.2) is 15.5 Å². The molecular formula is C38H35N9O7S. The molecular weight excluding hydrogens is 727 g/mol. The zero-order valence-corrected chi connectivity index (χ0v) is 30.4. The molecule has 3 aliphatic rings. The van der Waals surface area contributed by atoms with Gasteiger partial charge in [-0.3, -0.25) is 34.2 Å². The summed E-state index contributed by atoms with van der Waals surface area (Å²) in [6, 6.07) is 23.7. The third kappa shape index (κ3) is 6.85. The van der Waals surface area contributed by atoms with Crippen LogP contribution in [0.4, 0.5) is 23.0 Å². The first-order valence-electron chi connectivity index (χ1n) is 17.6. The summed E-state index contributed by atoms with van der Waals surface area (Å²) < 4.78 is 25.5. The summed E-state index contributed by atoms with van der Waals surface area (Å²) in [6.07, 6.45) is 1.26. The van der Waals surface area contributed by atoms with Crippen molar-refractivity contribution in [3.8, 4) is 11.3 Å². The van der Waals surface area contributed by atoms with E-state index >= 15 is 0 Å². The molecule has 2 fully saturated rings. The van der Waals surface area contributed by atoms with E-state index in [1.54, 1.807) is 45.8 Å². The lowest BCUT2D eigenvalue weighted by molar-refractivity contribution is -0.136. The number of rotatable bonds is 9. The third-order valence-electron chi connectivity index (χ3n) is 9.96. The summed E-state index contributed by atoms with van der Waals surface area (Å²) in [4.78, 5) is 73.5. The zero-order chi connectivity index (χ0) is 38.4. The van der Waals surface area contributed by atoms with Crippen LogP contribution in [0.15, 0.2) is 89.8 Å². The molecule has 3 aliphatic heterocycles.